The maximum Gasteiger partial charge on any atom is 0.175 e. The molecule has 1 atom stereocenters. The van der Waals surface area contributed by atoms with E-state index in [1.165, 1.54) is 11.8 Å². The molecule has 0 fully saturated rings. The third kappa shape index (κ3) is 3.26. The van der Waals surface area contributed by atoms with Crippen LogP contribution in [0.5, 0.6) is 0 Å². The van der Waals surface area contributed by atoms with Crippen molar-refractivity contribution in [1.82, 2.24) is 5.32 Å². The van der Waals surface area contributed by atoms with Gasteiger partial charge in [-0.25, -0.2) is 8.42 Å². The summed E-state index contributed by atoms with van der Waals surface area (Å²) in [7, 11) is -1.24. The molecular weight excluding hydrogens is 270 g/mol. The van der Waals surface area contributed by atoms with E-state index >= 15 is 0 Å². The summed E-state index contributed by atoms with van der Waals surface area (Å²) in [5.74, 6) is 0. The first-order valence-electron chi connectivity index (χ1n) is 6.45. The maximum atomic E-state index is 11.5. The van der Waals surface area contributed by atoms with E-state index in [9.17, 15) is 8.42 Å². The molecule has 1 unspecified atom stereocenters. The first-order valence-corrected chi connectivity index (χ1v) is 8.35. The largest absolute Gasteiger partial charge is 0.309 e. The zero-order chi connectivity index (χ0) is 14.8. The molecule has 0 saturated carbocycles. The zero-order valence-electron chi connectivity index (χ0n) is 11.9. The van der Waals surface area contributed by atoms with Crippen molar-refractivity contribution in [2.24, 2.45) is 0 Å². The number of hydrogen-bond donors (Lipinski definition) is 1. The van der Waals surface area contributed by atoms with Crippen LogP contribution in [0.15, 0.2) is 53.4 Å². The van der Waals surface area contributed by atoms with Crippen LogP contribution in [0.3, 0.4) is 0 Å². The van der Waals surface area contributed by atoms with E-state index in [1.54, 1.807) is 12.1 Å². The topological polar surface area (TPSA) is 46.2 Å². The SMILES string of the molecule is CNC(c1ccc(C)cc1)c1ccc(S(C)(=O)=O)cc1. The van der Waals surface area contributed by atoms with Crippen molar-refractivity contribution in [2.45, 2.75) is 17.9 Å². The minimum absolute atomic E-state index is 0.0595. The number of hydrogen-bond acceptors (Lipinski definition) is 3. The molecule has 20 heavy (non-hydrogen) atoms. The summed E-state index contributed by atoms with van der Waals surface area (Å²) in [6.07, 6.45) is 1.22. The summed E-state index contributed by atoms with van der Waals surface area (Å²) in [5.41, 5.74) is 3.42. The number of rotatable bonds is 4. The fourth-order valence-corrected chi connectivity index (χ4v) is 2.82. The Balaban J connectivity index is 2.35. The monoisotopic (exact) mass is 289 g/mol. The molecule has 0 aliphatic rings. The van der Waals surface area contributed by atoms with E-state index < -0.39 is 9.84 Å². The number of nitrogens with one attached hydrogen (secondary N) is 1. The van der Waals surface area contributed by atoms with Crippen molar-refractivity contribution in [3.8, 4) is 0 Å². The third-order valence-electron chi connectivity index (χ3n) is 3.34. The van der Waals surface area contributed by atoms with Gasteiger partial charge in [-0.2, -0.15) is 0 Å². The minimum atomic E-state index is -3.14. The summed E-state index contributed by atoms with van der Waals surface area (Å²) >= 11 is 0. The fourth-order valence-electron chi connectivity index (χ4n) is 2.19. The Labute approximate surface area is 120 Å². The second-order valence-electron chi connectivity index (χ2n) is 4.97. The van der Waals surface area contributed by atoms with Gasteiger partial charge in [0.15, 0.2) is 9.84 Å². The molecule has 0 saturated heterocycles. The molecular formula is C16H19NO2S. The van der Waals surface area contributed by atoms with Gasteiger partial charge in [-0.1, -0.05) is 42.0 Å². The van der Waals surface area contributed by atoms with Crippen LogP contribution in [0, 0.1) is 6.92 Å². The number of benzene rings is 2. The molecule has 0 radical (unpaired) electrons. The molecule has 2 aromatic rings. The van der Waals surface area contributed by atoms with Crippen LogP contribution in [0.1, 0.15) is 22.7 Å². The summed E-state index contributed by atoms with van der Waals surface area (Å²) in [4.78, 5) is 0.347. The molecule has 0 heterocycles. The van der Waals surface area contributed by atoms with Crippen LogP contribution in [-0.2, 0) is 9.84 Å². The molecule has 0 spiro atoms. The summed E-state index contributed by atoms with van der Waals surface area (Å²) < 4.78 is 23.0. The summed E-state index contributed by atoms with van der Waals surface area (Å²) in [6, 6.07) is 15.4. The van der Waals surface area contributed by atoms with Crippen LogP contribution < -0.4 is 5.32 Å². The molecule has 2 aromatic carbocycles. The van der Waals surface area contributed by atoms with Gasteiger partial charge in [0.2, 0.25) is 0 Å². The molecule has 0 amide bonds. The van der Waals surface area contributed by atoms with Crippen LogP contribution >= 0.6 is 0 Å². The highest BCUT2D eigenvalue weighted by molar-refractivity contribution is 7.90. The maximum absolute atomic E-state index is 11.5. The van der Waals surface area contributed by atoms with E-state index in [0.717, 1.165) is 11.1 Å². The van der Waals surface area contributed by atoms with Crippen molar-refractivity contribution < 1.29 is 8.42 Å². The van der Waals surface area contributed by atoms with Crippen LogP contribution in [0.2, 0.25) is 0 Å². The average Bonchev–Trinajstić information content (AvgIpc) is 2.41. The highest BCUT2D eigenvalue weighted by atomic mass is 32.2. The third-order valence-corrected chi connectivity index (χ3v) is 4.47. The molecule has 106 valence electrons. The summed E-state index contributed by atoms with van der Waals surface area (Å²) in [5, 5.41) is 3.26. The van der Waals surface area contributed by atoms with Gasteiger partial charge >= 0.3 is 0 Å². The molecule has 2 rings (SSSR count). The Kier molecular flexibility index (Phi) is 4.26. The van der Waals surface area contributed by atoms with Gasteiger partial charge in [-0.3, -0.25) is 0 Å². The fraction of sp³-hybridized carbons (Fsp3) is 0.250. The molecule has 0 bridgehead atoms. The van der Waals surface area contributed by atoms with Crippen molar-refractivity contribution >= 4 is 9.84 Å². The van der Waals surface area contributed by atoms with Gasteiger partial charge in [0.05, 0.1) is 10.9 Å². The lowest BCUT2D eigenvalue weighted by molar-refractivity contribution is 0.601. The molecule has 0 aliphatic heterocycles. The van der Waals surface area contributed by atoms with Gasteiger partial charge in [0.1, 0.15) is 0 Å². The highest BCUT2D eigenvalue weighted by Gasteiger charge is 2.13. The summed E-state index contributed by atoms with van der Waals surface area (Å²) in [6.45, 7) is 2.05. The molecule has 4 heteroatoms. The van der Waals surface area contributed by atoms with Gasteiger partial charge in [0.25, 0.3) is 0 Å². The normalized spacial score (nSPS) is 13.2. The van der Waals surface area contributed by atoms with E-state index in [-0.39, 0.29) is 6.04 Å². The van der Waals surface area contributed by atoms with Crippen molar-refractivity contribution in [3.05, 3.63) is 65.2 Å². The van der Waals surface area contributed by atoms with Crippen molar-refractivity contribution in [3.63, 3.8) is 0 Å². The Morgan fingerprint density at radius 1 is 0.900 bits per heavy atom. The Morgan fingerprint density at radius 2 is 1.35 bits per heavy atom. The lowest BCUT2D eigenvalue weighted by Gasteiger charge is -2.17. The predicted octanol–water partition coefficient (Wildman–Crippen LogP) is 2.71. The first-order chi connectivity index (χ1) is 9.41. The van der Waals surface area contributed by atoms with E-state index in [4.69, 9.17) is 0 Å². The predicted molar refractivity (Wildman–Crippen MR) is 81.6 cm³/mol. The second-order valence-corrected chi connectivity index (χ2v) is 6.99. The van der Waals surface area contributed by atoms with Gasteiger partial charge < -0.3 is 5.32 Å². The van der Waals surface area contributed by atoms with Gasteiger partial charge in [0, 0.05) is 6.26 Å². The first kappa shape index (κ1) is 14.8. The van der Waals surface area contributed by atoms with E-state index in [1.807, 2.05) is 19.2 Å². The zero-order valence-corrected chi connectivity index (χ0v) is 12.7. The molecule has 1 N–H and O–H groups in total. The molecule has 0 aromatic heterocycles. The Hall–Kier alpha value is -1.65. The standard InChI is InChI=1S/C16H19NO2S/c1-12-4-6-13(7-5-12)16(17-2)14-8-10-15(11-9-14)20(3,18)19/h4-11,16-17H,1-3H3. The molecule has 3 nitrogen and oxygen atoms in total. The Morgan fingerprint density at radius 3 is 1.75 bits per heavy atom. The highest BCUT2D eigenvalue weighted by Crippen LogP contribution is 2.23. The minimum Gasteiger partial charge on any atom is -0.309 e. The van der Waals surface area contributed by atoms with Crippen LogP contribution in [0.4, 0.5) is 0 Å². The van der Waals surface area contributed by atoms with Crippen LogP contribution in [-0.4, -0.2) is 21.7 Å². The average molecular weight is 289 g/mol. The number of sulfone groups is 1. The van der Waals surface area contributed by atoms with Gasteiger partial charge in [-0.15, -0.1) is 0 Å². The lowest BCUT2D eigenvalue weighted by Crippen LogP contribution is -2.17. The van der Waals surface area contributed by atoms with Gasteiger partial charge in [-0.05, 0) is 37.2 Å². The van der Waals surface area contributed by atoms with E-state index in [2.05, 4.69) is 36.5 Å². The Bertz CT molecular complexity index is 673. The lowest BCUT2D eigenvalue weighted by atomic mass is 9.98. The second kappa shape index (κ2) is 5.77. The quantitative estimate of drug-likeness (QED) is 0.941. The smallest absolute Gasteiger partial charge is 0.175 e. The van der Waals surface area contributed by atoms with Crippen molar-refractivity contribution in [1.29, 1.82) is 0 Å². The van der Waals surface area contributed by atoms with Crippen LogP contribution in [0.25, 0.3) is 0 Å². The van der Waals surface area contributed by atoms with Crippen molar-refractivity contribution in [2.75, 3.05) is 13.3 Å². The molecule has 0 aliphatic carbocycles. The van der Waals surface area contributed by atoms with E-state index in [0.29, 0.717) is 4.90 Å². The number of aryl methyl sites for hydroxylation is 1.